The summed E-state index contributed by atoms with van der Waals surface area (Å²) in [5.74, 6) is 0. The Bertz CT molecular complexity index is 701. The molecular weight excluding hydrogens is 280 g/mol. The van der Waals surface area contributed by atoms with Crippen molar-refractivity contribution in [3.8, 4) is 5.69 Å². The van der Waals surface area contributed by atoms with Crippen molar-refractivity contribution in [2.45, 2.75) is 24.9 Å². The third-order valence-electron chi connectivity index (χ3n) is 3.63. The van der Waals surface area contributed by atoms with Crippen LogP contribution in [0.4, 0.5) is 0 Å². The molecule has 0 spiro atoms. The van der Waals surface area contributed by atoms with Gasteiger partial charge in [0.1, 0.15) is 5.01 Å². The standard InChI is InChI=1S/C16H16N4S/c1-2-4-14(5-3-1)20-11-12(10-18-20)15(19-13-6-7-13)16-17-8-9-21-16/h1-5,8-11,13,15,19H,6-7H2. The maximum absolute atomic E-state index is 4.50. The number of hydrogen-bond donors (Lipinski definition) is 1. The molecule has 4 rings (SSSR count). The van der Waals surface area contributed by atoms with Crippen LogP contribution in [-0.4, -0.2) is 20.8 Å². The summed E-state index contributed by atoms with van der Waals surface area (Å²) in [6.45, 7) is 0. The first kappa shape index (κ1) is 12.7. The van der Waals surface area contributed by atoms with Crippen molar-refractivity contribution in [3.05, 3.63) is 64.9 Å². The van der Waals surface area contributed by atoms with Crippen molar-refractivity contribution in [1.29, 1.82) is 0 Å². The Morgan fingerprint density at radius 2 is 2.10 bits per heavy atom. The third-order valence-corrected chi connectivity index (χ3v) is 4.48. The third kappa shape index (κ3) is 2.75. The molecule has 2 heterocycles. The predicted octanol–water partition coefficient (Wildman–Crippen LogP) is 3.17. The van der Waals surface area contributed by atoms with Crippen LogP contribution in [0, 0.1) is 0 Å². The molecule has 1 fully saturated rings. The van der Waals surface area contributed by atoms with Gasteiger partial charge < -0.3 is 5.32 Å². The van der Waals surface area contributed by atoms with Gasteiger partial charge in [0, 0.05) is 29.4 Å². The number of nitrogens with zero attached hydrogens (tertiary/aromatic N) is 3. The number of benzene rings is 1. The van der Waals surface area contributed by atoms with Crippen LogP contribution in [0.3, 0.4) is 0 Å². The van der Waals surface area contributed by atoms with Gasteiger partial charge >= 0.3 is 0 Å². The van der Waals surface area contributed by atoms with Crippen molar-refractivity contribution in [1.82, 2.24) is 20.1 Å². The smallest absolute Gasteiger partial charge is 0.114 e. The lowest BCUT2D eigenvalue weighted by Gasteiger charge is -2.14. The molecule has 1 unspecified atom stereocenters. The van der Waals surface area contributed by atoms with Gasteiger partial charge in [0.2, 0.25) is 0 Å². The molecule has 1 aliphatic carbocycles. The van der Waals surface area contributed by atoms with Crippen molar-refractivity contribution in [3.63, 3.8) is 0 Å². The summed E-state index contributed by atoms with van der Waals surface area (Å²) in [6, 6.07) is 11.0. The highest BCUT2D eigenvalue weighted by Gasteiger charge is 2.28. The lowest BCUT2D eigenvalue weighted by Crippen LogP contribution is -2.24. The van der Waals surface area contributed by atoms with Gasteiger partial charge in [-0.25, -0.2) is 9.67 Å². The minimum atomic E-state index is 0.148. The molecular formula is C16H16N4S. The van der Waals surface area contributed by atoms with E-state index in [9.17, 15) is 0 Å². The van der Waals surface area contributed by atoms with Crippen LogP contribution in [0.2, 0.25) is 0 Å². The minimum absolute atomic E-state index is 0.148. The molecule has 0 amide bonds. The summed E-state index contributed by atoms with van der Waals surface area (Å²) in [7, 11) is 0. The number of para-hydroxylation sites is 1. The number of aromatic nitrogens is 3. The Morgan fingerprint density at radius 1 is 1.24 bits per heavy atom. The van der Waals surface area contributed by atoms with E-state index in [0.717, 1.165) is 10.7 Å². The molecule has 2 aromatic heterocycles. The van der Waals surface area contributed by atoms with Gasteiger partial charge in [-0.1, -0.05) is 18.2 Å². The highest BCUT2D eigenvalue weighted by molar-refractivity contribution is 7.09. The van der Waals surface area contributed by atoms with Crippen LogP contribution in [-0.2, 0) is 0 Å². The van der Waals surface area contributed by atoms with Gasteiger partial charge in [0.05, 0.1) is 17.9 Å². The Hall–Kier alpha value is -1.98. The highest BCUT2D eigenvalue weighted by Crippen LogP contribution is 2.29. The number of nitrogens with one attached hydrogen (secondary N) is 1. The molecule has 0 saturated heterocycles. The first-order chi connectivity index (χ1) is 10.4. The summed E-state index contributed by atoms with van der Waals surface area (Å²) in [5, 5.41) is 11.3. The Kier molecular flexibility index (Phi) is 3.29. The summed E-state index contributed by atoms with van der Waals surface area (Å²) >= 11 is 1.69. The molecule has 5 heteroatoms. The van der Waals surface area contributed by atoms with Gasteiger partial charge in [-0.2, -0.15) is 5.10 Å². The summed E-state index contributed by atoms with van der Waals surface area (Å²) < 4.78 is 1.92. The Labute approximate surface area is 127 Å². The van der Waals surface area contributed by atoms with E-state index in [1.807, 2.05) is 40.7 Å². The van der Waals surface area contributed by atoms with Crippen molar-refractivity contribution in [2.75, 3.05) is 0 Å². The van der Waals surface area contributed by atoms with Crippen LogP contribution in [0.15, 0.2) is 54.3 Å². The zero-order valence-electron chi connectivity index (χ0n) is 11.5. The van der Waals surface area contributed by atoms with Gasteiger partial charge in [-0.3, -0.25) is 0 Å². The van der Waals surface area contributed by atoms with Gasteiger partial charge in [-0.15, -0.1) is 11.3 Å². The number of hydrogen-bond acceptors (Lipinski definition) is 4. The second-order valence-corrected chi connectivity index (χ2v) is 6.22. The quantitative estimate of drug-likeness (QED) is 0.786. The predicted molar refractivity (Wildman–Crippen MR) is 83.7 cm³/mol. The van der Waals surface area contributed by atoms with Gasteiger partial charge in [-0.05, 0) is 25.0 Å². The molecule has 1 aromatic carbocycles. The second kappa shape index (κ2) is 5.42. The van der Waals surface area contributed by atoms with E-state index in [2.05, 4.69) is 33.7 Å². The van der Waals surface area contributed by atoms with E-state index in [4.69, 9.17) is 0 Å². The fourth-order valence-corrected chi connectivity index (χ4v) is 3.10. The topological polar surface area (TPSA) is 42.7 Å². The molecule has 4 nitrogen and oxygen atoms in total. The zero-order valence-corrected chi connectivity index (χ0v) is 12.3. The molecule has 0 bridgehead atoms. The Morgan fingerprint density at radius 3 is 2.81 bits per heavy atom. The fraction of sp³-hybridized carbons (Fsp3) is 0.250. The molecule has 1 N–H and O–H groups in total. The maximum atomic E-state index is 4.50. The average molecular weight is 296 g/mol. The maximum Gasteiger partial charge on any atom is 0.114 e. The van der Waals surface area contributed by atoms with Crippen LogP contribution in [0.25, 0.3) is 5.69 Å². The summed E-state index contributed by atoms with van der Waals surface area (Å²) in [5.41, 5.74) is 2.24. The highest BCUT2D eigenvalue weighted by atomic mass is 32.1. The monoisotopic (exact) mass is 296 g/mol. The van der Waals surface area contributed by atoms with Crippen LogP contribution >= 0.6 is 11.3 Å². The summed E-state index contributed by atoms with van der Waals surface area (Å²) in [4.78, 5) is 4.47. The Balaban J connectivity index is 1.65. The lowest BCUT2D eigenvalue weighted by atomic mass is 10.1. The van der Waals surface area contributed by atoms with Crippen LogP contribution in [0.1, 0.15) is 29.5 Å². The zero-order chi connectivity index (χ0) is 14.1. The molecule has 1 atom stereocenters. The van der Waals surface area contributed by atoms with Gasteiger partial charge in [0.25, 0.3) is 0 Å². The van der Waals surface area contributed by atoms with E-state index in [0.29, 0.717) is 6.04 Å². The molecule has 0 aliphatic heterocycles. The average Bonchev–Trinajstić information content (AvgIpc) is 3.03. The van der Waals surface area contributed by atoms with Crippen molar-refractivity contribution in [2.24, 2.45) is 0 Å². The number of thiazole rings is 1. The lowest BCUT2D eigenvalue weighted by molar-refractivity contribution is 0.598. The largest absolute Gasteiger partial charge is 0.301 e. The van der Waals surface area contributed by atoms with E-state index in [-0.39, 0.29) is 6.04 Å². The normalized spacial score (nSPS) is 16.0. The van der Waals surface area contributed by atoms with E-state index in [1.54, 1.807) is 11.3 Å². The second-order valence-electron chi connectivity index (χ2n) is 5.30. The first-order valence-corrected chi connectivity index (χ1v) is 8.03. The molecule has 1 saturated carbocycles. The minimum Gasteiger partial charge on any atom is -0.301 e. The molecule has 1 aliphatic rings. The molecule has 3 aromatic rings. The molecule has 106 valence electrons. The molecule has 0 radical (unpaired) electrons. The number of rotatable bonds is 5. The van der Waals surface area contributed by atoms with Crippen LogP contribution in [0.5, 0.6) is 0 Å². The SMILES string of the molecule is c1ccc(-n2cc(C(NC3CC3)c3nccs3)cn2)cc1. The van der Waals surface area contributed by atoms with E-state index in [1.165, 1.54) is 18.4 Å². The van der Waals surface area contributed by atoms with Crippen LogP contribution < -0.4 is 5.32 Å². The van der Waals surface area contributed by atoms with Crippen molar-refractivity contribution >= 4 is 11.3 Å². The fourth-order valence-electron chi connectivity index (χ4n) is 2.38. The molecule has 21 heavy (non-hydrogen) atoms. The van der Waals surface area contributed by atoms with Gasteiger partial charge in [0.15, 0.2) is 0 Å². The first-order valence-electron chi connectivity index (χ1n) is 7.15. The van der Waals surface area contributed by atoms with E-state index < -0.39 is 0 Å². The summed E-state index contributed by atoms with van der Waals surface area (Å²) in [6.07, 6.45) is 8.41. The van der Waals surface area contributed by atoms with E-state index >= 15 is 0 Å². The van der Waals surface area contributed by atoms with Crippen molar-refractivity contribution < 1.29 is 0 Å².